The Balaban J connectivity index is 1.54. The Bertz CT molecular complexity index is 1130. The van der Waals surface area contributed by atoms with Crippen molar-refractivity contribution in [3.8, 4) is 17.2 Å². The molecule has 3 aromatic rings. The fourth-order valence-electron chi connectivity index (χ4n) is 2.82. The van der Waals surface area contributed by atoms with Crippen LogP contribution in [0.1, 0.15) is 16.7 Å². The Labute approximate surface area is 187 Å². The number of aliphatic hydroxyl groups is 1. The third kappa shape index (κ3) is 6.92. The van der Waals surface area contributed by atoms with Gasteiger partial charge in [0.05, 0.1) is 7.11 Å². The average Bonchev–Trinajstić information content (AvgIpc) is 2.82. The maximum absolute atomic E-state index is 12.1. The number of phenols is 1. The van der Waals surface area contributed by atoms with Crippen LogP contribution in [0.15, 0.2) is 96.8 Å². The lowest BCUT2D eigenvalue weighted by Gasteiger charge is -2.06. The van der Waals surface area contributed by atoms with E-state index >= 15 is 0 Å². The number of benzene rings is 3. The summed E-state index contributed by atoms with van der Waals surface area (Å²) >= 11 is 0. The molecule has 32 heavy (non-hydrogen) atoms. The van der Waals surface area contributed by atoms with Crippen molar-refractivity contribution in [3.63, 3.8) is 0 Å². The topological polar surface area (TPSA) is 76.0 Å². The molecule has 3 aromatic carbocycles. The first-order valence-electron chi connectivity index (χ1n) is 9.98. The summed E-state index contributed by atoms with van der Waals surface area (Å²) in [5.74, 6) is 0.564. The van der Waals surface area contributed by atoms with Gasteiger partial charge in [0.15, 0.2) is 17.3 Å². The highest BCUT2D eigenvalue weighted by Crippen LogP contribution is 2.26. The van der Waals surface area contributed by atoms with Crippen molar-refractivity contribution in [3.05, 3.63) is 113 Å². The molecule has 3 rings (SSSR count). The largest absolute Gasteiger partial charge is 0.508 e. The number of carbonyl (C=O) groups excluding carboxylic acids is 1. The molecule has 0 saturated carbocycles. The number of hydrogen-bond donors (Lipinski definition) is 2. The summed E-state index contributed by atoms with van der Waals surface area (Å²) in [5.41, 5.74) is 2.63. The van der Waals surface area contributed by atoms with E-state index in [1.54, 1.807) is 24.3 Å². The van der Waals surface area contributed by atoms with Crippen molar-refractivity contribution in [2.45, 2.75) is 6.61 Å². The van der Waals surface area contributed by atoms with Gasteiger partial charge in [-0.1, -0.05) is 60.7 Å². The molecule has 5 nitrogen and oxygen atoms in total. The van der Waals surface area contributed by atoms with Gasteiger partial charge in [0, 0.05) is 6.08 Å². The molecule has 0 heterocycles. The van der Waals surface area contributed by atoms with Gasteiger partial charge in [-0.2, -0.15) is 0 Å². The zero-order valence-electron chi connectivity index (χ0n) is 17.6. The number of methoxy groups -OCH3 is 1. The van der Waals surface area contributed by atoms with Crippen molar-refractivity contribution in [1.82, 2.24) is 0 Å². The second-order valence-electron chi connectivity index (χ2n) is 6.91. The number of ether oxygens (including phenoxy) is 2. The number of aliphatic hydroxyl groups excluding tert-OH is 1. The average molecular weight is 428 g/mol. The molecule has 0 radical (unpaired) electrons. The molecule has 0 amide bonds. The lowest BCUT2D eigenvalue weighted by atomic mass is 10.1. The van der Waals surface area contributed by atoms with Gasteiger partial charge < -0.3 is 19.7 Å². The minimum absolute atomic E-state index is 0.0283. The van der Waals surface area contributed by atoms with Crippen LogP contribution in [-0.2, 0) is 11.4 Å². The van der Waals surface area contributed by atoms with Gasteiger partial charge in [-0.15, -0.1) is 0 Å². The summed E-state index contributed by atoms with van der Waals surface area (Å²) in [6.07, 6.45) is 7.19. The second kappa shape index (κ2) is 11.2. The molecule has 0 bridgehead atoms. The van der Waals surface area contributed by atoms with E-state index in [1.165, 1.54) is 25.3 Å². The van der Waals surface area contributed by atoms with Crippen LogP contribution >= 0.6 is 0 Å². The van der Waals surface area contributed by atoms with Gasteiger partial charge in [0.25, 0.3) is 0 Å². The van der Waals surface area contributed by atoms with Gasteiger partial charge in [-0.3, -0.25) is 4.79 Å². The molecule has 0 aromatic heterocycles. The highest BCUT2D eigenvalue weighted by Gasteiger charge is 2.01. The van der Waals surface area contributed by atoms with E-state index in [9.17, 15) is 15.0 Å². The van der Waals surface area contributed by atoms with Crippen LogP contribution in [0.5, 0.6) is 17.2 Å². The fraction of sp³-hybridized carbons (Fsp3) is 0.0741. The number of aromatic hydroxyl groups is 1. The van der Waals surface area contributed by atoms with Crippen LogP contribution in [-0.4, -0.2) is 23.1 Å². The predicted octanol–water partition coefficient (Wildman–Crippen LogP) is 5.72. The van der Waals surface area contributed by atoms with Crippen molar-refractivity contribution in [1.29, 1.82) is 0 Å². The van der Waals surface area contributed by atoms with Crippen LogP contribution in [0.3, 0.4) is 0 Å². The van der Waals surface area contributed by atoms with Crippen LogP contribution in [0, 0.1) is 0 Å². The van der Waals surface area contributed by atoms with Gasteiger partial charge in [-0.05, 0) is 53.1 Å². The minimum atomic E-state index is -0.347. The van der Waals surface area contributed by atoms with Gasteiger partial charge >= 0.3 is 0 Å². The third-order valence-electron chi connectivity index (χ3n) is 4.51. The number of phenolic OH excluding ortho intramolecular Hbond substituents is 1. The SMILES string of the molecule is COc1cc(/C=C/C(O)=C/C(=O)/C=C/c2ccc(OCc3ccccc3)cc2)ccc1O. The van der Waals surface area contributed by atoms with Gasteiger partial charge in [-0.25, -0.2) is 0 Å². The maximum Gasteiger partial charge on any atom is 0.182 e. The van der Waals surface area contributed by atoms with Crippen LogP contribution < -0.4 is 9.47 Å². The lowest BCUT2D eigenvalue weighted by molar-refractivity contribution is -0.110. The molecule has 0 unspecified atom stereocenters. The second-order valence-corrected chi connectivity index (χ2v) is 6.91. The normalized spacial score (nSPS) is 11.7. The molecule has 0 aliphatic rings. The molecule has 5 heteroatoms. The maximum atomic E-state index is 12.1. The quantitative estimate of drug-likeness (QED) is 0.259. The fourth-order valence-corrected chi connectivity index (χ4v) is 2.82. The first-order valence-corrected chi connectivity index (χ1v) is 9.98. The third-order valence-corrected chi connectivity index (χ3v) is 4.51. The molecule has 2 N–H and O–H groups in total. The zero-order chi connectivity index (χ0) is 22.8. The van der Waals surface area contributed by atoms with Crippen LogP contribution in [0.2, 0.25) is 0 Å². The summed E-state index contributed by atoms with van der Waals surface area (Å²) in [6, 6.07) is 22.1. The molecule has 0 aliphatic heterocycles. The molecule has 0 atom stereocenters. The molecule has 0 spiro atoms. The Kier molecular flexibility index (Phi) is 7.87. The Morgan fingerprint density at radius 3 is 2.31 bits per heavy atom. The lowest BCUT2D eigenvalue weighted by Crippen LogP contribution is -1.94. The number of hydrogen-bond acceptors (Lipinski definition) is 5. The van der Waals surface area contributed by atoms with Crippen LogP contribution in [0.4, 0.5) is 0 Å². The van der Waals surface area contributed by atoms with E-state index < -0.39 is 0 Å². The summed E-state index contributed by atoms with van der Waals surface area (Å²) in [7, 11) is 1.45. The molecule has 0 aliphatic carbocycles. The predicted molar refractivity (Wildman–Crippen MR) is 126 cm³/mol. The first-order chi connectivity index (χ1) is 15.5. The van der Waals surface area contributed by atoms with E-state index in [0.717, 1.165) is 23.0 Å². The van der Waals surface area contributed by atoms with E-state index in [2.05, 4.69) is 0 Å². The first kappa shape index (κ1) is 22.4. The standard InChI is InChI=1S/C27H24O5/c1-31-27-17-21(11-16-26(27)30)8-13-24(29)18-23(28)12-7-20-9-14-25(15-10-20)32-19-22-5-3-2-4-6-22/h2-18,29-30H,19H2,1H3/b12-7+,13-8+,24-18-. The highest BCUT2D eigenvalue weighted by atomic mass is 16.5. The minimum Gasteiger partial charge on any atom is -0.508 e. The Morgan fingerprint density at radius 1 is 0.906 bits per heavy atom. The molecule has 162 valence electrons. The van der Waals surface area contributed by atoms with Gasteiger partial charge in [0.1, 0.15) is 18.1 Å². The molecular formula is C27H24O5. The number of carbonyl (C=O) groups is 1. The number of ketones is 1. The summed E-state index contributed by atoms with van der Waals surface area (Å²) in [4.78, 5) is 12.1. The van der Waals surface area contributed by atoms with Crippen molar-refractivity contribution in [2.24, 2.45) is 0 Å². The van der Waals surface area contributed by atoms with E-state index in [-0.39, 0.29) is 17.3 Å². The van der Waals surface area contributed by atoms with Crippen LogP contribution in [0.25, 0.3) is 12.2 Å². The zero-order valence-corrected chi connectivity index (χ0v) is 17.6. The van der Waals surface area contributed by atoms with Crippen molar-refractivity contribution >= 4 is 17.9 Å². The Hall–Kier alpha value is -4.25. The number of rotatable bonds is 9. The van der Waals surface area contributed by atoms with E-state index in [0.29, 0.717) is 17.9 Å². The van der Waals surface area contributed by atoms with Crippen molar-refractivity contribution < 1.29 is 24.5 Å². The molecule has 0 saturated heterocycles. The van der Waals surface area contributed by atoms with E-state index in [4.69, 9.17) is 9.47 Å². The summed E-state index contributed by atoms with van der Waals surface area (Å²) in [5, 5.41) is 19.6. The van der Waals surface area contributed by atoms with Crippen molar-refractivity contribution in [2.75, 3.05) is 7.11 Å². The monoisotopic (exact) mass is 428 g/mol. The van der Waals surface area contributed by atoms with Gasteiger partial charge in [0.2, 0.25) is 0 Å². The highest BCUT2D eigenvalue weighted by molar-refractivity contribution is 6.02. The van der Waals surface area contributed by atoms with E-state index in [1.807, 2.05) is 54.6 Å². The molecular weight excluding hydrogens is 404 g/mol. The smallest absolute Gasteiger partial charge is 0.182 e. The summed E-state index contributed by atoms with van der Waals surface area (Å²) in [6.45, 7) is 0.489. The Morgan fingerprint density at radius 2 is 1.59 bits per heavy atom. The molecule has 0 fully saturated rings. The number of allylic oxidation sites excluding steroid dienone is 3. The summed E-state index contributed by atoms with van der Waals surface area (Å²) < 4.78 is 10.8.